The number of nitrogens with one attached hydrogen (secondary N) is 6. The van der Waals surface area contributed by atoms with Crippen molar-refractivity contribution in [1.29, 1.82) is 0 Å². The third kappa shape index (κ3) is 6.95. The van der Waals surface area contributed by atoms with Gasteiger partial charge in [0, 0.05) is 58.9 Å². The van der Waals surface area contributed by atoms with Gasteiger partial charge in [-0.05, 0) is 36.6 Å². The molecule has 13 nitrogen and oxygen atoms in total. The number of aromatic amines is 3. The standard InChI is InChI=1S/C31H34N8O5/c1-17(37-29(41)23(32)10-18-13-34-24-8-4-2-6-21(18)24)28(40)38-26(12-20-15-33-16-36-20)30(42)39-27(31(43)44)11-19-14-35-25-9-5-3-7-22(19)25/h2-9,13-17,23,26-27,34-35H,10-12,32H2,1H3,(H,33,36)(H,37,41)(H,38,40)(H,39,42)(H,43,44). The number of carboxylic acids is 1. The number of carbonyl (C=O) groups excluding carboxylic acids is 3. The van der Waals surface area contributed by atoms with E-state index in [-0.39, 0.29) is 19.3 Å². The number of rotatable bonds is 13. The number of aliphatic carboxylic acids is 1. The third-order valence-corrected chi connectivity index (χ3v) is 7.53. The Hall–Kier alpha value is -5.43. The summed E-state index contributed by atoms with van der Waals surface area (Å²) < 4.78 is 0. The number of nitrogens with two attached hydrogens (primary N) is 1. The highest BCUT2D eigenvalue weighted by molar-refractivity contribution is 5.94. The highest BCUT2D eigenvalue weighted by Crippen LogP contribution is 2.20. The van der Waals surface area contributed by atoms with Crippen LogP contribution in [0.2, 0.25) is 0 Å². The number of H-pyrrole nitrogens is 3. The first-order valence-corrected chi connectivity index (χ1v) is 14.2. The molecule has 5 rings (SSSR count). The summed E-state index contributed by atoms with van der Waals surface area (Å²) in [4.78, 5) is 64.7. The van der Waals surface area contributed by atoms with Gasteiger partial charge in [0.1, 0.15) is 18.1 Å². The van der Waals surface area contributed by atoms with Crippen LogP contribution in [0.5, 0.6) is 0 Å². The first-order chi connectivity index (χ1) is 21.2. The van der Waals surface area contributed by atoms with Crippen molar-refractivity contribution in [2.45, 2.75) is 50.4 Å². The Kier molecular flexibility index (Phi) is 9.05. The first-order valence-electron chi connectivity index (χ1n) is 14.2. The lowest BCUT2D eigenvalue weighted by molar-refractivity contribution is -0.142. The topological polar surface area (TPSA) is 211 Å². The van der Waals surface area contributed by atoms with Crippen molar-refractivity contribution in [3.05, 3.63) is 90.3 Å². The Labute approximate surface area is 252 Å². The van der Waals surface area contributed by atoms with Crippen LogP contribution < -0.4 is 21.7 Å². The molecule has 0 saturated heterocycles. The fourth-order valence-electron chi connectivity index (χ4n) is 5.13. The molecule has 2 aromatic carbocycles. The normalized spacial score (nSPS) is 14.0. The lowest BCUT2D eigenvalue weighted by atomic mass is 10.0. The van der Waals surface area contributed by atoms with Crippen LogP contribution in [0.15, 0.2) is 73.4 Å². The summed E-state index contributed by atoms with van der Waals surface area (Å²) in [5, 5.41) is 19.5. The van der Waals surface area contributed by atoms with Crippen molar-refractivity contribution in [2.24, 2.45) is 5.73 Å². The zero-order valence-electron chi connectivity index (χ0n) is 24.0. The van der Waals surface area contributed by atoms with Crippen molar-refractivity contribution in [3.8, 4) is 0 Å². The van der Waals surface area contributed by atoms with Gasteiger partial charge < -0.3 is 41.7 Å². The Balaban J connectivity index is 1.23. The molecule has 44 heavy (non-hydrogen) atoms. The molecule has 0 aliphatic heterocycles. The maximum absolute atomic E-state index is 13.4. The van der Waals surface area contributed by atoms with Crippen LogP contribution in [0, 0.1) is 0 Å². The van der Waals surface area contributed by atoms with Crippen molar-refractivity contribution >= 4 is 45.5 Å². The first kappa shape index (κ1) is 30.0. The van der Waals surface area contributed by atoms with Gasteiger partial charge in [0.25, 0.3) is 0 Å². The molecule has 4 unspecified atom stereocenters. The van der Waals surface area contributed by atoms with Gasteiger partial charge in [-0.3, -0.25) is 14.4 Å². The molecular weight excluding hydrogens is 564 g/mol. The Morgan fingerprint density at radius 3 is 1.95 bits per heavy atom. The number of benzene rings is 2. The van der Waals surface area contributed by atoms with Crippen LogP contribution in [0.3, 0.4) is 0 Å². The number of nitrogens with zero attached hydrogens (tertiary/aromatic N) is 1. The van der Waals surface area contributed by atoms with E-state index < -0.39 is 47.9 Å². The average molecular weight is 599 g/mol. The van der Waals surface area contributed by atoms with Gasteiger partial charge in [-0.2, -0.15) is 0 Å². The zero-order valence-corrected chi connectivity index (χ0v) is 24.0. The van der Waals surface area contributed by atoms with Crippen molar-refractivity contribution < 1.29 is 24.3 Å². The van der Waals surface area contributed by atoms with Crippen LogP contribution in [-0.2, 0) is 38.4 Å². The summed E-state index contributed by atoms with van der Waals surface area (Å²) in [5.74, 6) is -3.09. The van der Waals surface area contributed by atoms with Crippen molar-refractivity contribution in [3.63, 3.8) is 0 Å². The van der Waals surface area contributed by atoms with E-state index in [2.05, 4.69) is 35.9 Å². The number of hydrogen-bond acceptors (Lipinski definition) is 6. The van der Waals surface area contributed by atoms with Gasteiger partial charge >= 0.3 is 5.97 Å². The molecular formula is C31H34N8O5. The summed E-state index contributed by atoms with van der Waals surface area (Å²) in [6, 6.07) is 10.7. The van der Waals surface area contributed by atoms with E-state index in [9.17, 15) is 24.3 Å². The molecule has 3 amide bonds. The zero-order chi connectivity index (χ0) is 31.2. The summed E-state index contributed by atoms with van der Waals surface area (Å²) in [5.41, 5.74) is 10.1. The van der Waals surface area contributed by atoms with E-state index in [0.29, 0.717) is 5.69 Å². The largest absolute Gasteiger partial charge is 0.480 e. The average Bonchev–Trinajstić information content (AvgIpc) is 3.77. The minimum Gasteiger partial charge on any atom is -0.480 e. The molecule has 5 aromatic rings. The second kappa shape index (κ2) is 13.3. The maximum Gasteiger partial charge on any atom is 0.326 e. The molecule has 0 saturated carbocycles. The van der Waals surface area contributed by atoms with Crippen LogP contribution in [0.25, 0.3) is 21.8 Å². The smallest absolute Gasteiger partial charge is 0.326 e. The summed E-state index contributed by atoms with van der Waals surface area (Å²) >= 11 is 0. The summed E-state index contributed by atoms with van der Waals surface area (Å²) in [6.07, 6.45) is 6.74. The monoisotopic (exact) mass is 598 g/mol. The molecule has 0 aliphatic rings. The van der Waals surface area contributed by atoms with E-state index in [4.69, 9.17) is 5.73 Å². The van der Waals surface area contributed by atoms with Gasteiger partial charge in [-0.1, -0.05) is 36.4 Å². The van der Waals surface area contributed by atoms with E-state index >= 15 is 0 Å². The molecule has 9 N–H and O–H groups in total. The van der Waals surface area contributed by atoms with Crippen LogP contribution in [0.1, 0.15) is 23.7 Å². The van der Waals surface area contributed by atoms with Crippen LogP contribution in [0.4, 0.5) is 0 Å². The highest BCUT2D eigenvalue weighted by atomic mass is 16.4. The van der Waals surface area contributed by atoms with Crippen LogP contribution >= 0.6 is 0 Å². The SMILES string of the molecule is CC(NC(=O)C(N)Cc1c[nH]c2ccccc12)C(=O)NC(Cc1cnc[nH]1)C(=O)NC(Cc1c[nH]c2ccccc12)C(=O)O. The Morgan fingerprint density at radius 2 is 1.36 bits per heavy atom. The molecule has 13 heteroatoms. The molecule has 3 aromatic heterocycles. The molecule has 0 radical (unpaired) electrons. The van der Waals surface area contributed by atoms with Gasteiger partial charge in [0.15, 0.2) is 0 Å². The Bertz CT molecular complexity index is 1780. The van der Waals surface area contributed by atoms with E-state index in [1.807, 2.05) is 48.5 Å². The predicted molar refractivity (Wildman–Crippen MR) is 163 cm³/mol. The van der Waals surface area contributed by atoms with E-state index in [0.717, 1.165) is 32.9 Å². The van der Waals surface area contributed by atoms with Gasteiger partial charge in [-0.25, -0.2) is 9.78 Å². The second-order valence-electron chi connectivity index (χ2n) is 10.7. The molecule has 0 fully saturated rings. The van der Waals surface area contributed by atoms with Gasteiger partial charge in [-0.15, -0.1) is 0 Å². The fourth-order valence-corrected chi connectivity index (χ4v) is 5.13. The van der Waals surface area contributed by atoms with E-state index in [1.54, 1.807) is 12.4 Å². The lowest BCUT2D eigenvalue weighted by Gasteiger charge is -2.23. The minimum absolute atomic E-state index is 0.0116. The number of amides is 3. The summed E-state index contributed by atoms with van der Waals surface area (Å²) in [7, 11) is 0. The summed E-state index contributed by atoms with van der Waals surface area (Å²) in [6.45, 7) is 1.48. The number of para-hydroxylation sites is 2. The number of hydrogen-bond donors (Lipinski definition) is 8. The van der Waals surface area contributed by atoms with E-state index in [1.165, 1.54) is 19.4 Å². The Morgan fingerprint density at radius 1 is 0.773 bits per heavy atom. The number of aromatic nitrogens is 4. The number of imidazole rings is 1. The third-order valence-electron chi connectivity index (χ3n) is 7.53. The van der Waals surface area contributed by atoms with Crippen molar-refractivity contribution in [1.82, 2.24) is 35.9 Å². The molecule has 0 aliphatic carbocycles. The molecule has 4 atom stereocenters. The number of fused-ring (bicyclic) bond motifs is 2. The molecule has 0 spiro atoms. The second-order valence-corrected chi connectivity index (χ2v) is 10.7. The molecule has 3 heterocycles. The van der Waals surface area contributed by atoms with Gasteiger partial charge in [0.2, 0.25) is 17.7 Å². The lowest BCUT2D eigenvalue weighted by Crippen LogP contribution is -2.57. The fraction of sp³-hybridized carbons (Fsp3) is 0.258. The molecule has 0 bridgehead atoms. The van der Waals surface area contributed by atoms with Crippen LogP contribution in [-0.4, -0.2) is 72.9 Å². The predicted octanol–water partition coefficient (Wildman–Crippen LogP) is 1.29. The minimum atomic E-state index is -1.26. The highest BCUT2D eigenvalue weighted by Gasteiger charge is 2.30. The number of carbonyl (C=O) groups is 4. The van der Waals surface area contributed by atoms with Gasteiger partial charge in [0.05, 0.1) is 12.4 Å². The molecule has 228 valence electrons. The quantitative estimate of drug-likeness (QED) is 0.0994. The number of carboxylic acid groups (broad SMARTS) is 1. The van der Waals surface area contributed by atoms with Crippen molar-refractivity contribution in [2.75, 3.05) is 0 Å². The maximum atomic E-state index is 13.4.